The van der Waals surface area contributed by atoms with E-state index in [4.69, 9.17) is 9.72 Å². The zero-order valence-electron chi connectivity index (χ0n) is 19.2. The molecule has 180 valence electrons. The van der Waals surface area contributed by atoms with Gasteiger partial charge in [0.15, 0.2) is 0 Å². The van der Waals surface area contributed by atoms with Crippen LogP contribution in [0.2, 0.25) is 0 Å². The lowest BCUT2D eigenvalue weighted by atomic mass is 9.89. The van der Waals surface area contributed by atoms with Gasteiger partial charge in [-0.3, -0.25) is 4.68 Å². The molecule has 0 N–H and O–H groups in total. The van der Waals surface area contributed by atoms with Crippen LogP contribution in [0.25, 0.3) is 22.3 Å². The smallest absolute Gasteiger partial charge is 0.135 e. The van der Waals surface area contributed by atoms with Crippen LogP contribution in [-0.2, 0) is 11.4 Å². The molecule has 0 amide bonds. The molecule has 4 aromatic rings. The average molecular weight is 480 g/mol. The Morgan fingerprint density at radius 2 is 1.94 bits per heavy atom. The fourth-order valence-electron chi connectivity index (χ4n) is 4.76. The highest BCUT2D eigenvalue weighted by Crippen LogP contribution is 2.40. The third-order valence-electron chi connectivity index (χ3n) is 6.87. The van der Waals surface area contributed by atoms with Gasteiger partial charge in [-0.25, -0.2) is 28.1 Å². The minimum Gasteiger partial charge on any atom is -0.373 e. The quantitative estimate of drug-likeness (QED) is 0.356. The van der Waals surface area contributed by atoms with Gasteiger partial charge in [0.05, 0.1) is 35.2 Å². The van der Waals surface area contributed by atoms with Gasteiger partial charge in [0.2, 0.25) is 0 Å². The molecule has 9 heteroatoms. The topological polar surface area (TPSA) is 65.7 Å². The van der Waals surface area contributed by atoms with E-state index in [1.165, 1.54) is 12.1 Å². The summed E-state index contributed by atoms with van der Waals surface area (Å²) < 4.78 is 50.1. The summed E-state index contributed by atoms with van der Waals surface area (Å²) in [7, 11) is 0. The molecule has 3 aromatic heterocycles. The zero-order valence-corrected chi connectivity index (χ0v) is 19.2. The van der Waals surface area contributed by atoms with Gasteiger partial charge >= 0.3 is 0 Å². The van der Waals surface area contributed by atoms with Crippen molar-refractivity contribution in [1.82, 2.24) is 24.7 Å². The van der Waals surface area contributed by atoms with Crippen LogP contribution in [0, 0.1) is 18.6 Å². The Labute approximate surface area is 200 Å². The minimum atomic E-state index is -0.794. The van der Waals surface area contributed by atoms with Crippen molar-refractivity contribution in [2.45, 2.75) is 57.3 Å². The number of hydrogen-bond donors (Lipinski definition) is 0. The van der Waals surface area contributed by atoms with Gasteiger partial charge in [-0.1, -0.05) is 0 Å². The van der Waals surface area contributed by atoms with Crippen molar-refractivity contribution in [2.24, 2.45) is 0 Å². The number of pyridine rings is 1. The third-order valence-corrected chi connectivity index (χ3v) is 6.87. The van der Waals surface area contributed by atoms with E-state index in [1.807, 2.05) is 16.9 Å². The maximum Gasteiger partial charge on any atom is 0.135 e. The lowest BCUT2D eigenvalue weighted by Gasteiger charge is -2.29. The Balaban J connectivity index is 1.42. The molecule has 1 saturated heterocycles. The fraction of sp³-hybridized carbons (Fsp3) is 0.385. The lowest BCUT2D eigenvalue weighted by molar-refractivity contribution is 0.00462. The van der Waals surface area contributed by atoms with E-state index in [0.717, 1.165) is 36.6 Å². The number of ether oxygens (including phenoxy) is 1. The van der Waals surface area contributed by atoms with Gasteiger partial charge in [-0.05, 0) is 50.8 Å². The summed E-state index contributed by atoms with van der Waals surface area (Å²) in [5.74, 6) is -1.40. The highest BCUT2D eigenvalue weighted by Gasteiger charge is 2.30. The average Bonchev–Trinajstić information content (AvgIpc) is 3.59. The van der Waals surface area contributed by atoms with Crippen LogP contribution in [0.1, 0.15) is 66.4 Å². The molecule has 6 rings (SSSR count). The van der Waals surface area contributed by atoms with Crippen molar-refractivity contribution < 1.29 is 17.9 Å². The first kappa shape index (κ1) is 22.2. The summed E-state index contributed by atoms with van der Waals surface area (Å²) in [6.45, 7) is 1.45. The van der Waals surface area contributed by atoms with Crippen LogP contribution in [0.4, 0.5) is 13.2 Å². The number of aryl methyl sites for hydroxylation is 1. The van der Waals surface area contributed by atoms with Crippen LogP contribution in [0.15, 0.2) is 36.7 Å². The number of alkyl halides is 1. The maximum atomic E-state index is 14.8. The van der Waals surface area contributed by atoms with Crippen LogP contribution < -0.4 is 0 Å². The molecular formula is C26H24F3N5O. The molecule has 2 atom stereocenters. The Hall–Kier alpha value is -3.33. The molecule has 2 aliphatic rings. The molecule has 1 aromatic carbocycles. The summed E-state index contributed by atoms with van der Waals surface area (Å²) in [6, 6.07) is 5.68. The Morgan fingerprint density at radius 3 is 2.71 bits per heavy atom. The minimum absolute atomic E-state index is 0.0349. The van der Waals surface area contributed by atoms with Gasteiger partial charge < -0.3 is 4.74 Å². The first-order valence-electron chi connectivity index (χ1n) is 11.9. The fourth-order valence-corrected chi connectivity index (χ4v) is 4.76. The summed E-state index contributed by atoms with van der Waals surface area (Å²) >= 11 is 0. The lowest BCUT2D eigenvalue weighted by Crippen LogP contribution is -2.19. The van der Waals surface area contributed by atoms with E-state index < -0.39 is 18.3 Å². The summed E-state index contributed by atoms with van der Waals surface area (Å²) in [4.78, 5) is 13.8. The number of fused-ring (bicyclic) bond motifs is 1. The van der Waals surface area contributed by atoms with Gasteiger partial charge in [0.25, 0.3) is 0 Å². The van der Waals surface area contributed by atoms with E-state index in [1.54, 1.807) is 6.92 Å². The number of benzene rings is 1. The predicted molar refractivity (Wildman–Crippen MR) is 123 cm³/mol. The Morgan fingerprint density at radius 1 is 1.09 bits per heavy atom. The highest BCUT2D eigenvalue weighted by atomic mass is 19.1. The van der Waals surface area contributed by atoms with Crippen molar-refractivity contribution >= 4 is 11.0 Å². The molecule has 0 unspecified atom stereocenters. The van der Waals surface area contributed by atoms with Gasteiger partial charge in [0, 0.05) is 41.6 Å². The summed E-state index contributed by atoms with van der Waals surface area (Å²) in [5.41, 5.74) is 3.57. The van der Waals surface area contributed by atoms with Gasteiger partial charge in [0.1, 0.15) is 29.5 Å². The molecule has 1 saturated carbocycles. The molecule has 1 aliphatic carbocycles. The second-order valence-corrected chi connectivity index (χ2v) is 9.34. The van der Waals surface area contributed by atoms with Crippen LogP contribution in [0.3, 0.4) is 0 Å². The van der Waals surface area contributed by atoms with E-state index in [-0.39, 0.29) is 29.0 Å². The van der Waals surface area contributed by atoms with Crippen molar-refractivity contribution in [3.63, 3.8) is 0 Å². The van der Waals surface area contributed by atoms with Crippen molar-refractivity contribution in [3.05, 3.63) is 70.9 Å². The van der Waals surface area contributed by atoms with E-state index in [9.17, 15) is 13.2 Å². The molecule has 6 nitrogen and oxygen atoms in total. The predicted octanol–water partition coefficient (Wildman–Crippen LogP) is 5.91. The second-order valence-electron chi connectivity index (χ2n) is 9.34. The van der Waals surface area contributed by atoms with E-state index in [0.29, 0.717) is 35.8 Å². The van der Waals surface area contributed by atoms with E-state index >= 15 is 0 Å². The largest absolute Gasteiger partial charge is 0.373 e. The van der Waals surface area contributed by atoms with Gasteiger partial charge in [-0.15, -0.1) is 0 Å². The zero-order chi connectivity index (χ0) is 24.1. The van der Waals surface area contributed by atoms with Crippen LogP contribution in [0.5, 0.6) is 0 Å². The molecule has 4 heterocycles. The molecule has 0 bridgehead atoms. The number of rotatable bonds is 5. The first-order valence-corrected chi connectivity index (χ1v) is 11.9. The highest BCUT2D eigenvalue weighted by molar-refractivity contribution is 5.89. The number of hydrogen-bond acceptors (Lipinski definition) is 5. The Bertz CT molecular complexity index is 1420. The van der Waals surface area contributed by atoms with E-state index in [2.05, 4.69) is 21.3 Å². The maximum absolute atomic E-state index is 14.8. The van der Waals surface area contributed by atoms with Crippen molar-refractivity contribution in [1.29, 1.82) is 0 Å². The molecule has 35 heavy (non-hydrogen) atoms. The number of aromatic nitrogens is 5. The molecule has 1 aliphatic heterocycles. The normalized spacial score (nSPS) is 20.5. The first-order chi connectivity index (χ1) is 17.0. The molecular weight excluding hydrogens is 455 g/mol. The molecule has 0 spiro atoms. The summed E-state index contributed by atoms with van der Waals surface area (Å²) in [6.07, 6.45) is 7.55. The monoisotopic (exact) mass is 479 g/mol. The SMILES string of the molecule is Cc1nc2cc([C@H]3CCO[C@@H](c4cnn(C5CC5)c4)C3)nc(-c3ccc(F)cc3F)c2nc1CF. The molecule has 2 fully saturated rings. The summed E-state index contributed by atoms with van der Waals surface area (Å²) in [5, 5.41) is 4.49. The van der Waals surface area contributed by atoms with Crippen molar-refractivity contribution in [3.8, 4) is 11.3 Å². The van der Waals surface area contributed by atoms with Crippen molar-refractivity contribution in [2.75, 3.05) is 6.61 Å². The third kappa shape index (κ3) is 4.18. The second kappa shape index (κ2) is 8.71. The molecule has 0 radical (unpaired) electrons. The number of nitrogens with zero attached hydrogens (tertiary/aromatic N) is 5. The van der Waals surface area contributed by atoms with Crippen LogP contribution >= 0.6 is 0 Å². The van der Waals surface area contributed by atoms with Gasteiger partial charge in [-0.2, -0.15) is 5.10 Å². The Kier molecular flexibility index (Phi) is 5.51. The van der Waals surface area contributed by atoms with Crippen LogP contribution in [-0.4, -0.2) is 31.3 Å². The standard InChI is InChI=1S/C26H24F3N5O/c1-14-23(11-27)33-26-22(31-14)10-21(32-25(26)19-5-2-17(28)9-20(19)29)15-6-7-35-24(8-15)16-12-30-34(13-16)18-3-4-18/h2,5,9-10,12-13,15,18,24H,3-4,6-8,11H2,1H3/t15-,24+/m0/s1. The number of halogens is 3.